The molecule has 26 heavy (non-hydrogen) atoms. The Morgan fingerprint density at radius 1 is 0.808 bits per heavy atom. The molecule has 130 valence electrons. The standard InChI is InChI=1S/C21H17NO4/c1-24-16-10-12(11-17(25-2)21(16)26-3)13-8-9-22-19-14-6-4-5-7-15(14)20(23)18(13)19/h4-11H,1-3H3. The molecule has 0 amide bonds. The number of methoxy groups -OCH3 is 3. The maximum Gasteiger partial charge on any atom is 0.203 e. The van der Waals surface area contributed by atoms with Gasteiger partial charge in [0.05, 0.1) is 32.6 Å². The SMILES string of the molecule is COc1cc(-c2ccnc3c2C(=O)c2ccccc2-3)cc(OC)c1OC. The van der Waals surface area contributed by atoms with Crippen LogP contribution in [-0.4, -0.2) is 32.1 Å². The van der Waals surface area contributed by atoms with Gasteiger partial charge in [0, 0.05) is 17.3 Å². The molecule has 4 rings (SSSR count). The van der Waals surface area contributed by atoms with Gasteiger partial charge < -0.3 is 14.2 Å². The van der Waals surface area contributed by atoms with E-state index in [4.69, 9.17) is 14.2 Å². The molecule has 0 bridgehead atoms. The van der Waals surface area contributed by atoms with Crippen LogP contribution in [0.3, 0.4) is 0 Å². The first kappa shape index (κ1) is 16.1. The molecule has 5 heteroatoms. The highest BCUT2D eigenvalue weighted by Crippen LogP contribution is 2.45. The lowest BCUT2D eigenvalue weighted by molar-refractivity contribution is 0.104. The number of pyridine rings is 1. The van der Waals surface area contributed by atoms with E-state index in [0.717, 1.165) is 16.7 Å². The van der Waals surface area contributed by atoms with Crippen LogP contribution in [0, 0.1) is 0 Å². The zero-order valence-electron chi connectivity index (χ0n) is 14.7. The highest BCUT2D eigenvalue weighted by molar-refractivity contribution is 6.24. The molecule has 0 radical (unpaired) electrons. The number of carbonyl (C=O) groups is 1. The number of ketones is 1. The lowest BCUT2D eigenvalue weighted by Crippen LogP contribution is -2.00. The number of fused-ring (bicyclic) bond motifs is 3. The number of carbonyl (C=O) groups excluding carboxylic acids is 1. The van der Waals surface area contributed by atoms with Gasteiger partial charge in [-0.1, -0.05) is 24.3 Å². The minimum atomic E-state index is -0.0209. The normalized spacial score (nSPS) is 11.7. The number of benzene rings is 2. The first-order valence-electron chi connectivity index (χ1n) is 8.13. The van der Waals surface area contributed by atoms with Crippen molar-refractivity contribution < 1.29 is 19.0 Å². The van der Waals surface area contributed by atoms with E-state index in [0.29, 0.717) is 34.1 Å². The van der Waals surface area contributed by atoms with E-state index >= 15 is 0 Å². The summed E-state index contributed by atoms with van der Waals surface area (Å²) in [6.45, 7) is 0. The molecular formula is C21H17NO4. The molecule has 1 heterocycles. The van der Waals surface area contributed by atoms with E-state index in [9.17, 15) is 4.79 Å². The lowest BCUT2D eigenvalue weighted by Gasteiger charge is -2.15. The molecule has 5 nitrogen and oxygen atoms in total. The van der Waals surface area contributed by atoms with Gasteiger partial charge in [-0.25, -0.2) is 0 Å². The van der Waals surface area contributed by atoms with Crippen molar-refractivity contribution in [3.63, 3.8) is 0 Å². The summed E-state index contributed by atoms with van der Waals surface area (Å²) in [7, 11) is 4.70. The topological polar surface area (TPSA) is 57.7 Å². The van der Waals surface area contributed by atoms with E-state index in [1.807, 2.05) is 42.5 Å². The summed E-state index contributed by atoms with van der Waals surface area (Å²) in [5.74, 6) is 1.57. The minimum Gasteiger partial charge on any atom is -0.493 e. The summed E-state index contributed by atoms with van der Waals surface area (Å²) in [5, 5.41) is 0. The van der Waals surface area contributed by atoms with Crippen molar-refractivity contribution in [3.8, 4) is 39.6 Å². The van der Waals surface area contributed by atoms with Gasteiger partial charge in [-0.3, -0.25) is 9.78 Å². The molecule has 0 fully saturated rings. The fourth-order valence-corrected chi connectivity index (χ4v) is 3.40. The molecule has 0 saturated carbocycles. The third-order valence-electron chi connectivity index (χ3n) is 4.58. The van der Waals surface area contributed by atoms with Crippen molar-refractivity contribution >= 4 is 5.78 Å². The van der Waals surface area contributed by atoms with Gasteiger partial charge in [-0.05, 0) is 29.3 Å². The second-order valence-electron chi connectivity index (χ2n) is 5.87. The predicted molar refractivity (Wildman–Crippen MR) is 98.2 cm³/mol. The van der Waals surface area contributed by atoms with E-state index in [1.54, 1.807) is 27.5 Å². The summed E-state index contributed by atoms with van der Waals surface area (Å²) >= 11 is 0. The predicted octanol–water partition coefficient (Wildman–Crippen LogP) is 3.99. The van der Waals surface area contributed by atoms with Crippen LogP contribution in [0.4, 0.5) is 0 Å². The zero-order chi connectivity index (χ0) is 18.3. The Morgan fingerprint density at radius 2 is 1.46 bits per heavy atom. The molecule has 0 aliphatic heterocycles. The Balaban J connectivity index is 1.96. The summed E-state index contributed by atoms with van der Waals surface area (Å²) < 4.78 is 16.3. The van der Waals surface area contributed by atoms with E-state index < -0.39 is 0 Å². The van der Waals surface area contributed by atoms with Crippen LogP contribution < -0.4 is 14.2 Å². The zero-order valence-corrected chi connectivity index (χ0v) is 14.7. The van der Waals surface area contributed by atoms with E-state index in [1.165, 1.54) is 0 Å². The maximum atomic E-state index is 13.0. The number of ether oxygens (including phenoxy) is 3. The Hall–Kier alpha value is -3.34. The first-order chi connectivity index (χ1) is 12.7. The van der Waals surface area contributed by atoms with Crippen molar-refractivity contribution in [1.29, 1.82) is 0 Å². The van der Waals surface area contributed by atoms with Gasteiger partial charge in [0.15, 0.2) is 17.3 Å². The summed E-state index contributed by atoms with van der Waals surface area (Å²) in [5.41, 5.74) is 4.44. The minimum absolute atomic E-state index is 0.0209. The van der Waals surface area contributed by atoms with Gasteiger partial charge in [0.1, 0.15) is 0 Å². The van der Waals surface area contributed by atoms with Gasteiger partial charge in [0.25, 0.3) is 0 Å². The first-order valence-corrected chi connectivity index (χ1v) is 8.13. The lowest BCUT2D eigenvalue weighted by atomic mass is 9.97. The van der Waals surface area contributed by atoms with Crippen molar-refractivity contribution in [2.75, 3.05) is 21.3 Å². The number of hydrogen-bond acceptors (Lipinski definition) is 5. The van der Waals surface area contributed by atoms with Crippen LogP contribution in [0.2, 0.25) is 0 Å². The van der Waals surface area contributed by atoms with Crippen LogP contribution in [0.1, 0.15) is 15.9 Å². The summed E-state index contributed by atoms with van der Waals surface area (Å²) in [6.07, 6.45) is 1.72. The molecule has 0 unspecified atom stereocenters. The number of nitrogens with zero attached hydrogens (tertiary/aromatic N) is 1. The molecule has 0 atom stereocenters. The molecule has 1 aliphatic carbocycles. The van der Waals surface area contributed by atoms with E-state index in [2.05, 4.69) is 4.98 Å². The highest BCUT2D eigenvalue weighted by Gasteiger charge is 2.31. The molecule has 1 aliphatic rings. The average Bonchev–Trinajstić information content (AvgIpc) is 2.99. The highest BCUT2D eigenvalue weighted by atomic mass is 16.5. The second kappa shape index (κ2) is 6.19. The van der Waals surface area contributed by atoms with Gasteiger partial charge in [-0.15, -0.1) is 0 Å². The third-order valence-corrected chi connectivity index (χ3v) is 4.58. The summed E-state index contributed by atoms with van der Waals surface area (Å²) in [6, 6.07) is 13.0. The fraction of sp³-hybridized carbons (Fsp3) is 0.143. The van der Waals surface area contributed by atoms with Crippen LogP contribution in [0.25, 0.3) is 22.4 Å². The molecule has 2 aromatic carbocycles. The quantitative estimate of drug-likeness (QED) is 0.559. The fourth-order valence-electron chi connectivity index (χ4n) is 3.40. The second-order valence-corrected chi connectivity index (χ2v) is 5.87. The largest absolute Gasteiger partial charge is 0.493 e. The average molecular weight is 347 g/mol. The van der Waals surface area contributed by atoms with Crippen molar-refractivity contribution in [3.05, 3.63) is 59.8 Å². The summed E-state index contributed by atoms with van der Waals surface area (Å²) in [4.78, 5) is 17.4. The maximum absolute atomic E-state index is 13.0. The van der Waals surface area contributed by atoms with Crippen molar-refractivity contribution in [2.24, 2.45) is 0 Å². The third kappa shape index (κ3) is 2.24. The van der Waals surface area contributed by atoms with Crippen molar-refractivity contribution in [1.82, 2.24) is 4.98 Å². The molecule has 0 saturated heterocycles. The smallest absolute Gasteiger partial charge is 0.203 e. The Morgan fingerprint density at radius 3 is 2.08 bits per heavy atom. The number of hydrogen-bond donors (Lipinski definition) is 0. The molecular weight excluding hydrogens is 330 g/mol. The van der Waals surface area contributed by atoms with Gasteiger partial charge >= 0.3 is 0 Å². The molecule has 1 aromatic heterocycles. The van der Waals surface area contributed by atoms with Crippen LogP contribution in [0.15, 0.2) is 48.7 Å². The Labute approximate surface area is 151 Å². The molecule has 0 spiro atoms. The number of rotatable bonds is 4. The van der Waals surface area contributed by atoms with Gasteiger partial charge in [-0.2, -0.15) is 0 Å². The Kier molecular flexibility index (Phi) is 3.84. The van der Waals surface area contributed by atoms with Crippen LogP contribution in [-0.2, 0) is 0 Å². The van der Waals surface area contributed by atoms with Crippen LogP contribution in [0.5, 0.6) is 17.2 Å². The van der Waals surface area contributed by atoms with Gasteiger partial charge in [0.2, 0.25) is 5.75 Å². The number of aromatic nitrogens is 1. The molecule has 0 N–H and O–H groups in total. The van der Waals surface area contributed by atoms with E-state index in [-0.39, 0.29) is 5.78 Å². The monoisotopic (exact) mass is 347 g/mol. The van der Waals surface area contributed by atoms with Crippen molar-refractivity contribution in [2.45, 2.75) is 0 Å². The Bertz CT molecular complexity index is 1000. The van der Waals surface area contributed by atoms with Crippen LogP contribution >= 0.6 is 0 Å². The molecule has 3 aromatic rings.